The summed E-state index contributed by atoms with van der Waals surface area (Å²) in [6.07, 6.45) is 10.0. The van der Waals surface area contributed by atoms with E-state index in [1.807, 2.05) is 12.1 Å². The highest BCUT2D eigenvalue weighted by atomic mass is 32.2. The van der Waals surface area contributed by atoms with Crippen molar-refractivity contribution < 1.29 is 13.2 Å². The number of rotatable bonds is 3. The lowest BCUT2D eigenvalue weighted by Gasteiger charge is -2.39. The van der Waals surface area contributed by atoms with Crippen LogP contribution in [0.4, 0.5) is 0 Å². The van der Waals surface area contributed by atoms with Gasteiger partial charge >= 0.3 is 0 Å². The summed E-state index contributed by atoms with van der Waals surface area (Å²) >= 11 is 0. The molecule has 1 N–H and O–H groups in total. The molecule has 1 aromatic heterocycles. The van der Waals surface area contributed by atoms with Crippen molar-refractivity contribution in [3.05, 3.63) is 57.2 Å². The number of hydrogen-bond acceptors (Lipinski definition) is 6. The zero-order chi connectivity index (χ0) is 21.0. The number of aromatic nitrogens is 1. The van der Waals surface area contributed by atoms with E-state index in [2.05, 4.69) is 16.4 Å². The number of sulfone groups is 1. The predicted molar refractivity (Wildman–Crippen MR) is 116 cm³/mol. The number of aryl methyl sites for hydroxylation is 1. The van der Waals surface area contributed by atoms with Crippen LogP contribution in [0.15, 0.2) is 40.5 Å². The number of nitrogens with one attached hydrogen (secondary N) is 1. The minimum Gasteiger partial charge on any atom is -0.384 e. The smallest absolute Gasteiger partial charge is 0.260 e. The maximum absolute atomic E-state index is 13.2. The van der Waals surface area contributed by atoms with Gasteiger partial charge in [-0.05, 0) is 48.1 Å². The second-order valence-corrected chi connectivity index (χ2v) is 10.8. The van der Waals surface area contributed by atoms with E-state index in [9.17, 15) is 13.2 Å². The fraction of sp³-hybridized carbons (Fsp3) is 0.500. The molecule has 3 aliphatic heterocycles. The summed E-state index contributed by atoms with van der Waals surface area (Å²) in [6, 6.07) is 2.47. The van der Waals surface area contributed by atoms with Crippen molar-refractivity contribution >= 4 is 21.1 Å². The zero-order valence-corrected chi connectivity index (χ0v) is 18.2. The second-order valence-electron chi connectivity index (χ2n) is 8.66. The number of hydrogen-bond donors (Lipinski definition) is 1. The lowest BCUT2D eigenvalue weighted by molar-refractivity contribution is 0.0428. The number of fused-ring (bicyclic) bond motifs is 2. The van der Waals surface area contributed by atoms with Crippen LogP contribution in [0.3, 0.4) is 0 Å². The van der Waals surface area contributed by atoms with Crippen molar-refractivity contribution in [2.45, 2.75) is 31.3 Å². The molecule has 30 heavy (non-hydrogen) atoms. The zero-order valence-electron chi connectivity index (χ0n) is 17.3. The van der Waals surface area contributed by atoms with E-state index in [1.165, 1.54) is 6.26 Å². The van der Waals surface area contributed by atoms with Gasteiger partial charge in [-0.15, -0.1) is 0 Å². The van der Waals surface area contributed by atoms with Crippen LogP contribution in [0, 0.1) is 0 Å². The van der Waals surface area contributed by atoms with Gasteiger partial charge < -0.3 is 19.5 Å². The van der Waals surface area contributed by atoms with Gasteiger partial charge in [0.1, 0.15) is 0 Å². The predicted octanol–water partition coefficient (Wildman–Crippen LogP) is 1.28. The van der Waals surface area contributed by atoms with E-state index in [0.29, 0.717) is 22.7 Å². The van der Waals surface area contributed by atoms with Crippen molar-refractivity contribution in [3.8, 4) is 0 Å². The summed E-state index contributed by atoms with van der Waals surface area (Å²) in [5, 5.41) is 3.48. The van der Waals surface area contributed by atoms with Gasteiger partial charge in [-0.3, -0.25) is 4.79 Å². The Labute approximate surface area is 176 Å². The molecular formula is C22H27N3O4S. The molecule has 5 rings (SSSR count). The quantitative estimate of drug-likeness (QED) is 0.780. The summed E-state index contributed by atoms with van der Waals surface area (Å²) < 4.78 is 31.5. The van der Waals surface area contributed by atoms with Crippen molar-refractivity contribution in [3.63, 3.8) is 0 Å². The second kappa shape index (κ2) is 7.13. The van der Waals surface area contributed by atoms with E-state index < -0.39 is 9.84 Å². The molecule has 4 aliphatic rings. The third-order valence-electron chi connectivity index (χ3n) is 6.51. The number of nitrogens with zero attached hydrogens (tertiary/aromatic N) is 2. The summed E-state index contributed by atoms with van der Waals surface area (Å²) in [6.45, 7) is 2.31. The summed E-state index contributed by atoms with van der Waals surface area (Å²) in [5.41, 5.74) is 4.89. The molecule has 1 unspecified atom stereocenters. The minimum atomic E-state index is -3.26. The highest BCUT2D eigenvalue weighted by Crippen LogP contribution is 2.43. The average molecular weight is 430 g/mol. The van der Waals surface area contributed by atoms with Crippen molar-refractivity contribution in [2.75, 3.05) is 31.8 Å². The fourth-order valence-corrected chi connectivity index (χ4v) is 5.99. The van der Waals surface area contributed by atoms with Crippen LogP contribution in [-0.2, 0) is 21.6 Å². The van der Waals surface area contributed by atoms with E-state index in [-0.39, 0.29) is 17.4 Å². The molecule has 0 spiro atoms. The molecule has 1 aromatic rings. The average Bonchev–Trinajstić information content (AvgIpc) is 3.01. The Hall–Kier alpha value is -2.32. The third-order valence-corrected chi connectivity index (χ3v) is 7.34. The van der Waals surface area contributed by atoms with Crippen LogP contribution in [0.5, 0.6) is 0 Å². The third kappa shape index (κ3) is 3.22. The van der Waals surface area contributed by atoms with Gasteiger partial charge in [0, 0.05) is 57.1 Å². The van der Waals surface area contributed by atoms with Crippen LogP contribution in [-0.4, -0.2) is 61.7 Å². The Morgan fingerprint density at radius 3 is 2.73 bits per heavy atom. The molecule has 1 aliphatic carbocycles. The molecule has 0 amide bonds. The Morgan fingerprint density at radius 2 is 2.00 bits per heavy atom. The lowest BCUT2D eigenvalue weighted by atomic mass is 9.91. The molecule has 4 heterocycles. The molecule has 1 atom stereocenters. The number of pyridine rings is 1. The highest BCUT2D eigenvalue weighted by molar-refractivity contribution is 7.91. The molecule has 0 saturated carbocycles. The Morgan fingerprint density at radius 1 is 1.23 bits per heavy atom. The summed E-state index contributed by atoms with van der Waals surface area (Å²) in [5.74, 6) is -0.0903. The van der Waals surface area contributed by atoms with Crippen LogP contribution < -0.4 is 10.9 Å². The van der Waals surface area contributed by atoms with E-state index in [1.54, 1.807) is 17.8 Å². The van der Waals surface area contributed by atoms with Gasteiger partial charge in [0.15, 0.2) is 9.84 Å². The number of ether oxygens (including phenoxy) is 1. The first-order chi connectivity index (χ1) is 14.3. The normalized spacial score (nSPS) is 23.9. The van der Waals surface area contributed by atoms with Crippen molar-refractivity contribution in [2.24, 2.45) is 7.05 Å². The molecule has 1 saturated heterocycles. The van der Waals surface area contributed by atoms with Gasteiger partial charge in [0.2, 0.25) is 0 Å². The maximum atomic E-state index is 13.2. The van der Waals surface area contributed by atoms with Crippen LogP contribution in [0.25, 0.3) is 11.3 Å². The molecule has 0 aromatic carbocycles. The molecular weight excluding hydrogens is 402 g/mol. The number of allylic oxidation sites excluding steroid dienone is 1. The van der Waals surface area contributed by atoms with E-state index in [0.717, 1.165) is 55.9 Å². The van der Waals surface area contributed by atoms with Crippen molar-refractivity contribution in [1.29, 1.82) is 0 Å². The largest absolute Gasteiger partial charge is 0.384 e. The van der Waals surface area contributed by atoms with Crippen molar-refractivity contribution in [1.82, 2.24) is 14.8 Å². The fourth-order valence-electron chi connectivity index (χ4n) is 5.18. The van der Waals surface area contributed by atoms with Crippen LogP contribution in [0.2, 0.25) is 0 Å². The molecule has 8 heteroatoms. The van der Waals surface area contributed by atoms with Crippen LogP contribution >= 0.6 is 0 Å². The Balaban J connectivity index is 1.73. The van der Waals surface area contributed by atoms with Gasteiger partial charge in [-0.2, -0.15) is 0 Å². The molecule has 0 radical (unpaired) electrons. The first kappa shape index (κ1) is 19.6. The van der Waals surface area contributed by atoms with Gasteiger partial charge in [0.25, 0.3) is 5.56 Å². The van der Waals surface area contributed by atoms with E-state index >= 15 is 0 Å². The standard InChI is InChI=1S/C22H27N3O4S/c1-24-8-4-17-15(13-30(2,27)28)11-14-12-25(16-5-9-29-10-6-16)18-3-7-23-21(19(14)18)20(17)22(24)26/h4,8,11-12,16,18,23H,3,5-7,9-10,13H2,1-2H3. The van der Waals surface area contributed by atoms with E-state index in [4.69, 9.17) is 4.74 Å². The molecule has 0 bridgehead atoms. The summed E-state index contributed by atoms with van der Waals surface area (Å²) in [7, 11) is -1.53. The maximum Gasteiger partial charge on any atom is 0.260 e. The van der Waals surface area contributed by atoms with Gasteiger partial charge in [-0.1, -0.05) is 0 Å². The molecule has 160 valence electrons. The molecule has 7 nitrogen and oxygen atoms in total. The highest BCUT2D eigenvalue weighted by Gasteiger charge is 2.40. The minimum absolute atomic E-state index is 0.0903. The van der Waals surface area contributed by atoms with Crippen LogP contribution in [0.1, 0.15) is 30.4 Å². The topological polar surface area (TPSA) is 80.6 Å². The summed E-state index contributed by atoms with van der Waals surface area (Å²) in [4.78, 5) is 15.6. The Kier molecular flexibility index (Phi) is 4.67. The SMILES string of the molecule is Cn1ccc2c(c1=O)C1=C3C(=CN(C4CCOCC4)C3CCN1)C=C2CS(C)(=O)=O. The first-order valence-corrected chi connectivity index (χ1v) is 12.5. The van der Waals surface area contributed by atoms with Gasteiger partial charge in [-0.25, -0.2) is 8.42 Å². The monoisotopic (exact) mass is 429 g/mol. The first-order valence-electron chi connectivity index (χ1n) is 10.5. The van der Waals surface area contributed by atoms with Gasteiger partial charge in [0.05, 0.1) is 23.1 Å². The molecule has 1 fully saturated rings. The Bertz CT molecular complexity index is 1150. The lowest BCUT2D eigenvalue weighted by Crippen LogP contribution is -2.44.